The lowest BCUT2D eigenvalue weighted by molar-refractivity contribution is -0.0434. The predicted octanol–water partition coefficient (Wildman–Crippen LogP) is 4.71. The molecule has 0 bridgehead atoms. The van der Waals surface area contributed by atoms with Crippen LogP contribution in [0.3, 0.4) is 0 Å². The van der Waals surface area contributed by atoms with Crippen molar-refractivity contribution in [3.8, 4) is 0 Å². The summed E-state index contributed by atoms with van der Waals surface area (Å²) in [6, 6.07) is 5.10. The number of hydrogen-bond acceptors (Lipinski definition) is 3. The molecule has 5 rings (SSSR count). The summed E-state index contributed by atoms with van der Waals surface area (Å²) in [5, 5.41) is 16.3. The summed E-state index contributed by atoms with van der Waals surface area (Å²) in [7, 11) is 0. The number of thiophene rings is 1. The third kappa shape index (κ3) is 3.12. The van der Waals surface area contributed by atoms with Crippen LogP contribution in [-0.2, 0) is 6.54 Å². The minimum atomic E-state index is -0.0907. The minimum Gasteiger partial charge on any atom is -0.412 e. The first-order valence-corrected chi connectivity index (χ1v) is 12.0. The van der Waals surface area contributed by atoms with Crippen molar-refractivity contribution < 1.29 is 10.6 Å². The topological polar surface area (TPSA) is 63.8 Å². The molecule has 3 saturated carbocycles. The fourth-order valence-electron chi connectivity index (χ4n) is 7.61. The Labute approximate surface area is 173 Å². The highest BCUT2D eigenvalue weighted by Crippen LogP contribution is 2.64. The average Bonchev–Trinajstić information content (AvgIpc) is 3.28. The zero-order valence-corrected chi connectivity index (χ0v) is 18.2. The summed E-state index contributed by atoms with van der Waals surface area (Å²) < 4.78 is 0. The first-order valence-electron chi connectivity index (χ1n) is 11.1. The van der Waals surface area contributed by atoms with Gasteiger partial charge in [-0.1, -0.05) is 31.6 Å². The smallest absolute Gasteiger partial charge is 0.0577 e. The van der Waals surface area contributed by atoms with Gasteiger partial charge in [-0.3, -0.25) is 0 Å². The zero-order chi connectivity index (χ0) is 18.6. The van der Waals surface area contributed by atoms with E-state index in [9.17, 15) is 5.11 Å². The van der Waals surface area contributed by atoms with E-state index in [0.717, 1.165) is 37.1 Å². The van der Waals surface area contributed by atoms with E-state index in [2.05, 4.69) is 42.8 Å². The fourth-order valence-corrected chi connectivity index (χ4v) is 8.27. The molecule has 0 radical (unpaired) electrons. The molecule has 28 heavy (non-hydrogen) atoms. The van der Waals surface area contributed by atoms with E-state index < -0.39 is 0 Å². The van der Waals surface area contributed by atoms with Crippen molar-refractivity contribution in [3.63, 3.8) is 0 Å². The summed E-state index contributed by atoms with van der Waals surface area (Å²) >= 11 is 1.87. The highest BCUT2D eigenvalue weighted by atomic mass is 32.1. The summed E-state index contributed by atoms with van der Waals surface area (Å²) in [5.74, 6) is 2.58. The molecule has 4 aliphatic rings. The van der Waals surface area contributed by atoms with Gasteiger partial charge >= 0.3 is 0 Å². The van der Waals surface area contributed by atoms with Gasteiger partial charge in [-0.15, -0.1) is 11.3 Å². The molecule has 0 amide bonds. The molecule has 4 N–H and O–H groups in total. The highest BCUT2D eigenvalue weighted by molar-refractivity contribution is 7.09. The van der Waals surface area contributed by atoms with Gasteiger partial charge in [-0.05, 0) is 91.4 Å². The Bertz CT molecular complexity index is 716. The normalized spacial score (nSPS) is 44.7. The van der Waals surface area contributed by atoms with Crippen LogP contribution in [0.5, 0.6) is 0 Å². The summed E-state index contributed by atoms with van der Waals surface area (Å²) in [4.78, 5) is 1.47. The maximum absolute atomic E-state index is 10.2. The Kier molecular flexibility index (Phi) is 5.54. The Balaban J connectivity index is 0.00000192. The van der Waals surface area contributed by atoms with E-state index in [-0.39, 0.29) is 11.6 Å². The number of allylic oxidation sites excluding steroid dienone is 1. The third-order valence-electron chi connectivity index (χ3n) is 9.18. The van der Waals surface area contributed by atoms with Crippen molar-refractivity contribution in [1.29, 1.82) is 0 Å². The number of rotatable bonds is 3. The van der Waals surface area contributed by atoms with E-state index in [1.807, 2.05) is 11.3 Å². The van der Waals surface area contributed by atoms with Gasteiger partial charge < -0.3 is 15.9 Å². The van der Waals surface area contributed by atoms with E-state index >= 15 is 0 Å². The van der Waals surface area contributed by atoms with Crippen LogP contribution in [0.2, 0.25) is 0 Å². The second kappa shape index (κ2) is 7.54. The molecule has 0 spiro atoms. The van der Waals surface area contributed by atoms with Gasteiger partial charge in [0.1, 0.15) is 0 Å². The molecule has 0 aliphatic heterocycles. The fraction of sp³-hybridized carbons (Fsp3) is 0.750. The van der Waals surface area contributed by atoms with E-state index in [1.54, 1.807) is 5.57 Å². The van der Waals surface area contributed by atoms with Gasteiger partial charge in [0.15, 0.2) is 0 Å². The van der Waals surface area contributed by atoms with Crippen LogP contribution in [0.4, 0.5) is 0 Å². The van der Waals surface area contributed by atoms with Gasteiger partial charge in [-0.2, -0.15) is 0 Å². The minimum absolute atomic E-state index is 0. The van der Waals surface area contributed by atoms with Crippen molar-refractivity contribution in [2.24, 2.45) is 28.6 Å². The predicted molar refractivity (Wildman–Crippen MR) is 116 cm³/mol. The van der Waals surface area contributed by atoms with Crippen LogP contribution in [0.15, 0.2) is 29.2 Å². The Morgan fingerprint density at radius 2 is 2.00 bits per heavy atom. The molecule has 3 fully saturated rings. The van der Waals surface area contributed by atoms with Crippen molar-refractivity contribution in [2.75, 3.05) is 0 Å². The SMILES string of the molecule is C[C@]12CCC(O)CC1=CC[C@@H]1[C@H]2CC[C@]2(C)C(NCc3cccs3)CC[C@@H]12.O. The molecule has 2 unspecified atom stereocenters. The molecule has 1 heterocycles. The second-order valence-electron chi connectivity index (χ2n) is 10.3. The second-order valence-corrected chi connectivity index (χ2v) is 11.3. The Hall–Kier alpha value is -0.680. The lowest BCUT2D eigenvalue weighted by atomic mass is 9.48. The quantitative estimate of drug-likeness (QED) is 0.718. The van der Waals surface area contributed by atoms with Crippen molar-refractivity contribution in [1.82, 2.24) is 5.32 Å². The molecule has 1 aromatic heterocycles. The standard InChI is InChI=1S/C24H35NOS.H2O/c1-23-11-9-17(26)14-16(23)5-6-19-20-7-8-22(24(20,2)12-10-21(19)23)25-15-18-4-3-13-27-18;/h3-5,13,17,19-22,25-26H,6-12,14-15H2,1-2H3;1H2/t17?,19-,20-,21+,22?,23-,24-;/m0./s1. The third-order valence-corrected chi connectivity index (χ3v) is 10.1. The lowest BCUT2D eigenvalue weighted by Crippen LogP contribution is -2.53. The van der Waals surface area contributed by atoms with Gasteiger partial charge in [0.2, 0.25) is 0 Å². The summed E-state index contributed by atoms with van der Waals surface area (Å²) in [5.41, 5.74) is 2.43. The van der Waals surface area contributed by atoms with Crippen LogP contribution in [0, 0.1) is 28.6 Å². The van der Waals surface area contributed by atoms with Crippen molar-refractivity contribution >= 4 is 11.3 Å². The number of nitrogens with one attached hydrogen (secondary N) is 1. The molecule has 3 nitrogen and oxygen atoms in total. The first-order chi connectivity index (χ1) is 13.0. The molecule has 4 aliphatic carbocycles. The van der Waals surface area contributed by atoms with Crippen molar-refractivity contribution in [3.05, 3.63) is 34.0 Å². The van der Waals surface area contributed by atoms with Gasteiger partial charge in [0, 0.05) is 17.5 Å². The van der Waals surface area contributed by atoms with Gasteiger partial charge in [0.05, 0.1) is 6.10 Å². The maximum atomic E-state index is 10.2. The van der Waals surface area contributed by atoms with Crippen LogP contribution >= 0.6 is 11.3 Å². The van der Waals surface area contributed by atoms with Crippen molar-refractivity contribution in [2.45, 2.75) is 83.9 Å². The first kappa shape index (κ1) is 20.6. The number of fused-ring (bicyclic) bond motifs is 5. The maximum Gasteiger partial charge on any atom is 0.0577 e. The molecular formula is C24H37NO2S. The summed E-state index contributed by atoms with van der Waals surface area (Å²) in [6.07, 6.45) is 12.4. The largest absolute Gasteiger partial charge is 0.412 e. The van der Waals surface area contributed by atoms with Crippen LogP contribution < -0.4 is 5.32 Å². The average molecular weight is 404 g/mol. The summed E-state index contributed by atoms with van der Waals surface area (Å²) in [6.45, 7) is 6.17. The lowest BCUT2D eigenvalue weighted by Gasteiger charge is -2.58. The molecule has 4 heteroatoms. The molecule has 1 aromatic rings. The molecule has 0 saturated heterocycles. The monoisotopic (exact) mass is 403 g/mol. The van der Waals surface area contributed by atoms with Crippen LogP contribution in [-0.4, -0.2) is 22.7 Å². The number of aliphatic hydroxyl groups excluding tert-OH is 1. The zero-order valence-electron chi connectivity index (χ0n) is 17.4. The van der Waals surface area contributed by atoms with Crippen LogP contribution in [0.25, 0.3) is 0 Å². The molecular weight excluding hydrogens is 366 g/mol. The highest BCUT2D eigenvalue weighted by Gasteiger charge is 2.58. The van der Waals surface area contributed by atoms with E-state index in [1.165, 1.54) is 43.4 Å². The Morgan fingerprint density at radius 1 is 1.14 bits per heavy atom. The van der Waals surface area contributed by atoms with E-state index in [0.29, 0.717) is 16.9 Å². The van der Waals surface area contributed by atoms with Gasteiger partial charge in [0.25, 0.3) is 0 Å². The molecule has 156 valence electrons. The number of aliphatic hydroxyl groups is 1. The van der Waals surface area contributed by atoms with Gasteiger partial charge in [-0.25, -0.2) is 0 Å². The molecule has 0 aromatic carbocycles. The van der Waals surface area contributed by atoms with E-state index in [4.69, 9.17) is 0 Å². The molecule has 7 atom stereocenters. The van der Waals surface area contributed by atoms with Crippen LogP contribution in [0.1, 0.15) is 70.1 Å². The Morgan fingerprint density at radius 3 is 2.79 bits per heavy atom. The number of hydrogen-bond donors (Lipinski definition) is 2.